The summed E-state index contributed by atoms with van der Waals surface area (Å²) in [5.41, 5.74) is 3.08. The van der Waals surface area contributed by atoms with Crippen molar-refractivity contribution in [2.45, 2.75) is 25.8 Å². The molecule has 2 N–H and O–H groups in total. The van der Waals surface area contributed by atoms with Crippen molar-refractivity contribution in [3.63, 3.8) is 0 Å². The number of amides is 2. The molecule has 0 radical (unpaired) electrons. The van der Waals surface area contributed by atoms with Crippen LogP contribution < -0.4 is 5.32 Å². The highest BCUT2D eigenvalue weighted by Gasteiger charge is 2.23. The van der Waals surface area contributed by atoms with Gasteiger partial charge in [0.2, 0.25) is 0 Å². The average molecular weight is 459 g/mol. The van der Waals surface area contributed by atoms with Gasteiger partial charge in [-0.1, -0.05) is 11.6 Å². The van der Waals surface area contributed by atoms with Gasteiger partial charge in [0.25, 0.3) is 11.8 Å². The fraction of sp³-hybridized carbons (Fsp3) is 0.348. The van der Waals surface area contributed by atoms with E-state index in [1.807, 2.05) is 11.8 Å². The summed E-state index contributed by atoms with van der Waals surface area (Å²) in [5, 5.41) is 3.38. The Morgan fingerprint density at radius 1 is 1.25 bits per heavy atom. The number of aromatic nitrogens is 2. The molecule has 0 bridgehead atoms. The smallest absolute Gasteiger partial charge is 0.254 e. The highest BCUT2D eigenvalue weighted by atomic mass is 35.5. The highest BCUT2D eigenvalue weighted by molar-refractivity contribution is 6.31. The maximum absolute atomic E-state index is 12.9. The maximum atomic E-state index is 12.9. The second kappa shape index (κ2) is 9.67. The predicted molar refractivity (Wildman–Crippen MR) is 120 cm³/mol. The zero-order valence-electron chi connectivity index (χ0n) is 17.7. The summed E-state index contributed by atoms with van der Waals surface area (Å²) in [7, 11) is 0. The molecule has 1 fully saturated rings. The van der Waals surface area contributed by atoms with Crippen molar-refractivity contribution in [3.05, 3.63) is 63.9 Å². The van der Waals surface area contributed by atoms with Crippen LogP contribution in [0.25, 0.3) is 11.0 Å². The second-order valence-corrected chi connectivity index (χ2v) is 8.25. The van der Waals surface area contributed by atoms with Crippen molar-refractivity contribution in [1.29, 1.82) is 0 Å². The van der Waals surface area contributed by atoms with Gasteiger partial charge in [0.1, 0.15) is 11.9 Å². The van der Waals surface area contributed by atoms with E-state index in [4.69, 9.17) is 16.3 Å². The lowest BCUT2D eigenvalue weighted by Gasteiger charge is -2.18. The molecule has 1 aliphatic heterocycles. The first-order valence-corrected chi connectivity index (χ1v) is 10.8. The van der Waals surface area contributed by atoms with Crippen molar-refractivity contribution in [2.75, 3.05) is 26.6 Å². The fourth-order valence-electron chi connectivity index (χ4n) is 3.89. The summed E-state index contributed by atoms with van der Waals surface area (Å²) in [6, 6.07) is 9.50. The lowest BCUT2D eigenvalue weighted by Crippen LogP contribution is -2.32. The predicted octanol–water partition coefficient (Wildman–Crippen LogP) is 4.18. The van der Waals surface area contributed by atoms with E-state index in [-0.39, 0.29) is 18.4 Å². The van der Waals surface area contributed by atoms with Crippen LogP contribution in [0.4, 0.5) is 4.39 Å². The number of fused-ring (bicyclic) bond motifs is 1. The first kappa shape index (κ1) is 22.2. The SMILES string of the molecule is Cc1cc(C(=O)N[C@@H](COCF)c2nc3cc(Cl)ccc3[nH]2)ccc1C(=O)N1CCCC1. The Kier molecular flexibility index (Phi) is 6.72. The summed E-state index contributed by atoms with van der Waals surface area (Å²) in [4.78, 5) is 35.0. The van der Waals surface area contributed by atoms with Gasteiger partial charge in [-0.05, 0) is 61.7 Å². The van der Waals surface area contributed by atoms with E-state index in [0.29, 0.717) is 27.5 Å². The van der Waals surface area contributed by atoms with E-state index in [0.717, 1.165) is 37.0 Å². The van der Waals surface area contributed by atoms with Crippen LogP contribution in [0, 0.1) is 6.92 Å². The third kappa shape index (κ3) is 4.76. The maximum Gasteiger partial charge on any atom is 0.254 e. The third-order valence-electron chi connectivity index (χ3n) is 5.57. The lowest BCUT2D eigenvalue weighted by atomic mass is 10.0. The number of carbonyl (C=O) groups excluding carboxylic acids is 2. The standard InChI is InChI=1S/C23H24ClFN4O3/c1-14-10-15(4-6-17(14)23(31)29-8-2-3-9-29)22(30)28-20(12-32-13-25)21-26-18-7-5-16(24)11-19(18)27-21/h4-7,10-11,20H,2-3,8-9,12-13H2,1H3,(H,26,27)(H,28,30)/t20-/m0/s1. The number of hydrogen-bond acceptors (Lipinski definition) is 4. The van der Waals surface area contributed by atoms with Gasteiger partial charge in [-0.3, -0.25) is 9.59 Å². The molecule has 2 heterocycles. The molecule has 4 rings (SSSR count). The minimum Gasteiger partial charge on any atom is -0.348 e. The number of aromatic amines is 1. The van der Waals surface area contributed by atoms with E-state index < -0.39 is 12.9 Å². The van der Waals surface area contributed by atoms with Crippen LogP contribution in [0.3, 0.4) is 0 Å². The quantitative estimate of drug-likeness (QED) is 0.556. The van der Waals surface area contributed by atoms with Gasteiger partial charge < -0.3 is 19.9 Å². The molecule has 168 valence electrons. The van der Waals surface area contributed by atoms with E-state index >= 15 is 0 Å². The Balaban J connectivity index is 1.53. The van der Waals surface area contributed by atoms with Crippen LogP contribution in [0.2, 0.25) is 5.02 Å². The summed E-state index contributed by atoms with van der Waals surface area (Å²) in [6.07, 6.45) is 2.03. The number of hydrogen-bond donors (Lipinski definition) is 2. The molecular formula is C23H24ClFN4O3. The molecule has 1 atom stereocenters. The monoisotopic (exact) mass is 458 g/mol. The molecule has 0 aliphatic carbocycles. The van der Waals surface area contributed by atoms with Gasteiger partial charge in [0.05, 0.1) is 17.6 Å². The summed E-state index contributed by atoms with van der Waals surface area (Å²) < 4.78 is 17.6. The van der Waals surface area contributed by atoms with Crippen molar-refractivity contribution in [3.8, 4) is 0 Å². The van der Waals surface area contributed by atoms with Gasteiger partial charge in [-0.2, -0.15) is 0 Å². The van der Waals surface area contributed by atoms with Crippen LogP contribution in [-0.4, -0.2) is 53.2 Å². The normalized spacial score (nSPS) is 14.7. The number of nitrogens with zero attached hydrogens (tertiary/aromatic N) is 2. The first-order valence-electron chi connectivity index (χ1n) is 10.5. The molecule has 0 saturated carbocycles. The molecule has 9 heteroatoms. The Hall–Kier alpha value is -2.97. The average Bonchev–Trinajstić information content (AvgIpc) is 3.45. The zero-order valence-corrected chi connectivity index (χ0v) is 18.4. The minimum absolute atomic E-state index is 0.0119. The molecule has 32 heavy (non-hydrogen) atoms. The van der Waals surface area contributed by atoms with Crippen LogP contribution in [0.1, 0.15) is 51.0 Å². The van der Waals surface area contributed by atoms with Gasteiger partial charge in [-0.15, -0.1) is 0 Å². The molecule has 3 aromatic rings. The van der Waals surface area contributed by atoms with E-state index in [1.165, 1.54) is 0 Å². The van der Waals surface area contributed by atoms with Crippen LogP contribution in [0.15, 0.2) is 36.4 Å². The number of benzene rings is 2. The van der Waals surface area contributed by atoms with Crippen molar-refractivity contribution in [1.82, 2.24) is 20.2 Å². The van der Waals surface area contributed by atoms with Gasteiger partial charge >= 0.3 is 0 Å². The Bertz CT molecular complexity index is 1140. The Morgan fingerprint density at radius 3 is 2.75 bits per heavy atom. The summed E-state index contributed by atoms with van der Waals surface area (Å²) in [5.74, 6) is 0.0444. The number of alkyl halides is 1. The number of halogens is 2. The van der Waals surface area contributed by atoms with Gasteiger partial charge in [0.15, 0.2) is 6.86 Å². The van der Waals surface area contributed by atoms with Crippen LogP contribution in [0.5, 0.6) is 0 Å². The number of ether oxygens (including phenoxy) is 1. The number of H-pyrrole nitrogens is 1. The Labute approximate surface area is 189 Å². The number of likely N-dealkylation sites (tertiary alicyclic amines) is 1. The largest absolute Gasteiger partial charge is 0.348 e. The lowest BCUT2D eigenvalue weighted by molar-refractivity contribution is 0.0404. The van der Waals surface area contributed by atoms with E-state index in [1.54, 1.807) is 36.4 Å². The minimum atomic E-state index is -0.981. The number of aryl methyl sites for hydroxylation is 1. The van der Waals surface area contributed by atoms with Crippen LogP contribution >= 0.6 is 11.6 Å². The highest BCUT2D eigenvalue weighted by Crippen LogP contribution is 2.22. The Morgan fingerprint density at radius 2 is 2.03 bits per heavy atom. The number of carbonyl (C=O) groups is 2. The van der Waals surface area contributed by atoms with Gasteiger partial charge in [0, 0.05) is 29.2 Å². The van der Waals surface area contributed by atoms with E-state index in [9.17, 15) is 14.0 Å². The summed E-state index contributed by atoms with van der Waals surface area (Å²) in [6.45, 7) is 2.26. The molecular weight excluding hydrogens is 435 g/mol. The van der Waals surface area contributed by atoms with Crippen molar-refractivity contribution >= 4 is 34.4 Å². The molecule has 0 unspecified atom stereocenters. The molecule has 0 spiro atoms. The molecule has 1 aliphatic rings. The molecule has 1 aromatic heterocycles. The molecule has 1 saturated heterocycles. The van der Waals surface area contributed by atoms with Crippen molar-refractivity contribution < 1.29 is 18.7 Å². The third-order valence-corrected chi connectivity index (χ3v) is 5.81. The molecule has 7 nitrogen and oxygen atoms in total. The van der Waals surface area contributed by atoms with Crippen molar-refractivity contribution in [2.24, 2.45) is 0 Å². The van der Waals surface area contributed by atoms with Gasteiger partial charge in [-0.25, -0.2) is 9.37 Å². The number of nitrogens with one attached hydrogen (secondary N) is 2. The summed E-state index contributed by atoms with van der Waals surface area (Å²) >= 11 is 6.02. The fourth-order valence-corrected chi connectivity index (χ4v) is 4.06. The first-order chi connectivity index (χ1) is 15.5. The molecule has 2 amide bonds. The second-order valence-electron chi connectivity index (χ2n) is 7.82. The number of rotatable bonds is 7. The van der Waals surface area contributed by atoms with E-state index in [2.05, 4.69) is 15.3 Å². The topological polar surface area (TPSA) is 87.3 Å². The van der Waals surface area contributed by atoms with Crippen LogP contribution in [-0.2, 0) is 4.74 Å². The zero-order chi connectivity index (χ0) is 22.7. The molecule has 2 aromatic carbocycles. The number of imidazole rings is 1.